The number of nitrogens with zero attached hydrogens (tertiary/aromatic N) is 3. The number of ether oxygens (including phenoxy) is 2. The van der Waals surface area contributed by atoms with E-state index in [9.17, 15) is 4.79 Å². The zero-order valence-electron chi connectivity index (χ0n) is 13.9. The average molecular weight is 342 g/mol. The lowest BCUT2D eigenvalue weighted by atomic mass is 10.2. The van der Waals surface area contributed by atoms with Crippen LogP contribution in [0.2, 0.25) is 0 Å². The third-order valence-electron chi connectivity index (χ3n) is 3.58. The first-order chi connectivity index (χ1) is 12.1. The first-order valence-electron chi connectivity index (χ1n) is 7.73. The third kappa shape index (κ3) is 3.63. The Bertz CT molecular complexity index is 890. The molecule has 2 aromatic heterocycles. The first-order valence-corrected chi connectivity index (χ1v) is 7.73. The molecule has 0 aliphatic carbocycles. The van der Waals surface area contributed by atoms with Crippen LogP contribution in [0.25, 0.3) is 11.0 Å². The molecule has 0 radical (unpaired) electrons. The Morgan fingerprint density at radius 1 is 1.32 bits per heavy atom. The van der Waals surface area contributed by atoms with Gasteiger partial charge in [0.25, 0.3) is 0 Å². The summed E-state index contributed by atoms with van der Waals surface area (Å²) in [6, 6.07) is 9.33. The summed E-state index contributed by atoms with van der Waals surface area (Å²) < 4.78 is 12.5. The molecule has 8 heteroatoms. The van der Waals surface area contributed by atoms with Gasteiger partial charge < -0.3 is 14.6 Å². The minimum atomic E-state index is -1.15. The molecule has 0 bridgehead atoms. The van der Waals surface area contributed by atoms with E-state index in [1.54, 1.807) is 17.9 Å². The van der Waals surface area contributed by atoms with Gasteiger partial charge in [0.05, 0.1) is 37.5 Å². The first kappa shape index (κ1) is 16.6. The molecule has 25 heavy (non-hydrogen) atoms. The monoisotopic (exact) mass is 342 g/mol. The topological polar surface area (TPSA) is 98.5 Å². The number of aromatic nitrogens is 3. The predicted octanol–water partition coefficient (Wildman–Crippen LogP) is 2.98. The van der Waals surface area contributed by atoms with E-state index in [1.165, 1.54) is 6.20 Å². The molecule has 0 spiro atoms. The molecule has 0 aliphatic rings. The maximum atomic E-state index is 10.8. The Labute approximate surface area is 144 Å². The average Bonchev–Trinajstić information content (AvgIpc) is 2.92. The van der Waals surface area contributed by atoms with Crippen molar-refractivity contribution in [3.05, 3.63) is 42.1 Å². The highest BCUT2D eigenvalue weighted by Crippen LogP contribution is 2.27. The van der Waals surface area contributed by atoms with E-state index in [0.717, 1.165) is 11.3 Å². The van der Waals surface area contributed by atoms with Crippen molar-refractivity contribution < 1.29 is 19.4 Å². The molecular weight excluding hydrogens is 324 g/mol. The van der Waals surface area contributed by atoms with Crippen LogP contribution in [0.1, 0.15) is 12.5 Å². The maximum Gasteiger partial charge on any atom is 0.409 e. The molecule has 8 nitrogen and oxygen atoms in total. The lowest BCUT2D eigenvalue weighted by Crippen LogP contribution is -2.07. The molecule has 3 aromatic rings. The summed E-state index contributed by atoms with van der Waals surface area (Å²) in [6.45, 7) is 2.82. The van der Waals surface area contributed by atoms with E-state index in [1.807, 2.05) is 31.2 Å². The summed E-state index contributed by atoms with van der Waals surface area (Å²) in [7, 11) is 1.62. The van der Waals surface area contributed by atoms with Crippen molar-refractivity contribution in [2.45, 2.75) is 13.5 Å². The van der Waals surface area contributed by atoms with Gasteiger partial charge in [-0.3, -0.25) is 5.32 Å². The smallest absolute Gasteiger partial charge is 0.409 e. The third-order valence-corrected chi connectivity index (χ3v) is 3.58. The van der Waals surface area contributed by atoms with Crippen LogP contribution in [-0.4, -0.2) is 39.7 Å². The standard InChI is InChI=1S/C17H18N4O4/c1-3-25-16-14-8-12(19-17(22)23)9-18-15(14)21(20-16)10-11-4-6-13(24-2)7-5-11/h4-9,19H,3,10H2,1-2H3,(H,22,23). The van der Waals surface area contributed by atoms with Gasteiger partial charge in [0.2, 0.25) is 5.88 Å². The van der Waals surface area contributed by atoms with Crippen molar-refractivity contribution in [2.75, 3.05) is 19.0 Å². The summed E-state index contributed by atoms with van der Waals surface area (Å²) >= 11 is 0. The summed E-state index contributed by atoms with van der Waals surface area (Å²) in [4.78, 5) is 15.1. The van der Waals surface area contributed by atoms with Gasteiger partial charge in [-0.1, -0.05) is 12.1 Å². The van der Waals surface area contributed by atoms with Crippen molar-refractivity contribution >= 4 is 22.8 Å². The summed E-state index contributed by atoms with van der Waals surface area (Å²) in [5.74, 6) is 1.21. The Kier molecular flexibility index (Phi) is 4.69. The number of fused-ring (bicyclic) bond motifs is 1. The second-order valence-corrected chi connectivity index (χ2v) is 5.27. The van der Waals surface area contributed by atoms with Crippen LogP contribution in [0.5, 0.6) is 11.6 Å². The fourth-order valence-corrected chi connectivity index (χ4v) is 2.48. The number of benzene rings is 1. The van der Waals surface area contributed by atoms with Gasteiger partial charge in [0.1, 0.15) is 5.75 Å². The fraction of sp³-hybridized carbons (Fsp3) is 0.235. The number of anilines is 1. The molecule has 0 fully saturated rings. The number of methoxy groups -OCH3 is 1. The molecule has 2 N–H and O–H groups in total. The highest BCUT2D eigenvalue weighted by Gasteiger charge is 2.14. The highest BCUT2D eigenvalue weighted by atomic mass is 16.5. The Morgan fingerprint density at radius 3 is 2.72 bits per heavy atom. The Morgan fingerprint density at radius 2 is 2.08 bits per heavy atom. The Hall–Kier alpha value is -3.29. The van der Waals surface area contributed by atoms with Crippen LogP contribution in [0, 0.1) is 0 Å². The number of hydrogen-bond donors (Lipinski definition) is 2. The van der Waals surface area contributed by atoms with Crippen LogP contribution in [-0.2, 0) is 6.54 Å². The minimum Gasteiger partial charge on any atom is -0.497 e. The van der Waals surface area contributed by atoms with E-state index in [-0.39, 0.29) is 0 Å². The van der Waals surface area contributed by atoms with E-state index in [2.05, 4.69) is 15.4 Å². The predicted molar refractivity (Wildman–Crippen MR) is 92.4 cm³/mol. The normalized spacial score (nSPS) is 10.6. The van der Waals surface area contributed by atoms with E-state index >= 15 is 0 Å². The van der Waals surface area contributed by atoms with Crippen molar-refractivity contribution in [3.8, 4) is 11.6 Å². The quantitative estimate of drug-likeness (QED) is 0.714. The largest absolute Gasteiger partial charge is 0.497 e. The van der Waals surface area contributed by atoms with Gasteiger partial charge in [-0.2, -0.15) is 0 Å². The van der Waals surface area contributed by atoms with Crippen LogP contribution >= 0.6 is 0 Å². The molecular formula is C17H18N4O4. The molecule has 0 saturated heterocycles. The minimum absolute atomic E-state index is 0.366. The van der Waals surface area contributed by atoms with E-state index in [4.69, 9.17) is 14.6 Å². The second-order valence-electron chi connectivity index (χ2n) is 5.27. The molecule has 0 saturated carbocycles. The van der Waals surface area contributed by atoms with Gasteiger partial charge in [0, 0.05) is 0 Å². The van der Waals surface area contributed by atoms with Crippen LogP contribution in [0.4, 0.5) is 10.5 Å². The van der Waals surface area contributed by atoms with Crippen LogP contribution in [0.3, 0.4) is 0 Å². The lowest BCUT2D eigenvalue weighted by molar-refractivity contribution is 0.209. The molecule has 3 rings (SSSR count). The van der Waals surface area contributed by atoms with Crippen molar-refractivity contribution in [2.24, 2.45) is 0 Å². The SMILES string of the molecule is CCOc1nn(Cc2ccc(OC)cc2)c2ncc(NC(=O)O)cc12. The van der Waals surface area contributed by atoms with Crippen molar-refractivity contribution in [1.82, 2.24) is 14.8 Å². The zero-order chi connectivity index (χ0) is 17.8. The number of hydrogen-bond acceptors (Lipinski definition) is 5. The number of rotatable bonds is 6. The van der Waals surface area contributed by atoms with Gasteiger partial charge >= 0.3 is 6.09 Å². The number of pyridine rings is 1. The summed E-state index contributed by atoms with van der Waals surface area (Å²) in [5, 5.41) is 16.3. The van der Waals surface area contributed by atoms with Gasteiger partial charge in [0.15, 0.2) is 5.65 Å². The molecule has 1 aromatic carbocycles. The summed E-state index contributed by atoms with van der Waals surface area (Å²) in [5.41, 5.74) is 2.02. The maximum absolute atomic E-state index is 10.8. The lowest BCUT2D eigenvalue weighted by Gasteiger charge is -2.05. The van der Waals surface area contributed by atoms with Gasteiger partial charge in [-0.05, 0) is 30.7 Å². The molecule has 2 heterocycles. The van der Waals surface area contributed by atoms with Crippen LogP contribution < -0.4 is 14.8 Å². The van der Waals surface area contributed by atoms with Gasteiger partial charge in [-0.15, -0.1) is 5.10 Å². The van der Waals surface area contributed by atoms with E-state index < -0.39 is 6.09 Å². The Balaban J connectivity index is 1.97. The number of amides is 1. The molecule has 130 valence electrons. The summed E-state index contributed by atoms with van der Waals surface area (Å²) in [6.07, 6.45) is 0.308. The molecule has 0 atom stereocenters. The fourth-order valence-electron chi connectivity index (χ4n) is 2.48. The molecule has 0 unspecified atom stereocenters. The number of carbonyl (C=O) groups is 1. The van der Waals surface area contributed by atoms with Crippen molar-refractivity contribution in [1.29, 1.82) is 0 Å². The highest BCUT2D eigenvalue weighted by molar-refractivity contribution is 5.89. The second kappa shape index (κ2) is 7.08. The van der Waals surface area contributed by atoms with Crippen molar-refractivity contribution in [3.63, 3.8) is 0 Å². The number of nitrogens with one attached hydrogen (secondary N) is 1. The zero-order valence-corrected chi connectivity index (χ0v) is 13.9. The molecule has 1 amide bonds. The molecule has 0 aliphatic heterocycles. The number of carboxylic acid groups (broad SMARTS) is 1. The van der Waals surface area contributed by atoms with E-state index in [0.29, 0.717) is 35.8 Å². The van der Waals surface area contributed by atoms with Gasteiger partial charge in [-0.25, -0.2) is 14.5 Å². The van der Waals surface area contributed by atoms with Crippen LogP contribution in [0.15, 0.2) is 36.5 Å².